The summed E-state index contributed by atoms with van der Waals surface area (Å²) in [5.41, 5.74) is 0.908. The Labute approximate surface area is 165 Å². The van der Waals surface area contributed by atoms with E-state index in [4.69, 9.17) is 13.1 Å². The second kappa shape index (κ2) is 9.31. The molecule has 0 saturated carbocycles. The van der Waals surface area contributed by atoms with Gasteiger partial charge in [-0.05, 0) is 12.0 Å². The van der Waals surface area contributed by atoms with E-state index in [1.54, 1.807) is 4.90 Å². The molecule has 1 aliphatic rings. The zero-order chi connectivity index (χ0) is 20.9. The molecule has 1 heterocycles. The Bertz CT molecular complexity index is 870. The highest BCUT2D eigenvalue weighted by Gasteiger charge is 2.46. The lowest BCUT2D eigenvalue weighted by molar-refractivity contribution is -0.148. The molecule has 1 aromatic carbocycles. The Kier molecular flexibility index (Phi) is 7.57. The predicted octanol–water partition coefficient (Wildman–Crippen LogP) is 0.371. The van der Waals surface area contributed by atoms with Gasteiger partial charge in [0.2, 0.25) is 0 Å². The quantitative estimate of drug-likeness (QED) is 0.401. The van der Waals surface area contributed by atoms with Crippen molar-refractivity contribution in [2.45, 2.75) is 25.0 Å². The molecule has 3 atom stereocenters. The average molecular weight is 436 g/mol. The summed E-state index contributed by atoms with van der Waals surface area (Å²) in [5, 5.41) is 0. The number of benzene rings is 1. The number of methoxy groups -OCH3 is 1. The first kappa shape index (κ1) is 22.8. The minimum absolute atomic E-state index is 0.158. The fourth-order valence-electron chi connectivity index (χ4n) is 3.32. The molecule has 28 heavy (non-hydrogen) atoms. The third kappa shape index (κ3) is 6.82. The van der Waals surface area contributed by atoms with Crippen LogP contribution in [0.5, 0.6) is 0 Å². The van der Waals surface area contributed by atoms with Crippen molar-refractivity contribution in [2.24, 2.45) is 5.92 Å². The van der Waals surface area contributed by atoms with E-state index in [2.05, 4.69) is 0 Å². The molecule has 1 saturated heterocycles. The first-order valence-electron chi connectivity index (χ1n) is 8.56. The van der Waals surface area contributed by atoms with Gasteiger partial charge in [0.05, 0.1) is 32.8 Å². The second-order valence-corrected chi connectivity index (χ2v) is 10.0. The van der Waals surface area contributed by atoms with Gasteiger partial charge in [-0.2, -0.15) is 16.8 Å². The van der Waals surface area contributed by atoms with E-state index in [-0.39, 0.29) is 13.2 Å². The standard InChI is InChI=1S/C17H25NO8S2/c1-24-17(19)16-14(11-25-27(2,20)21)9-15(12-26-28(3,22)23)18(16)10-13-7-5-4-6-8-13/h4-8,14-16H,9-12H2,1-3H3/t14-,15+,16+/m0/s1. The van der Waals surface area contributed by atoms with Crippen LogP contribution in [0.15, 0.2) is 30.3 Å². The van der Waals surface area contributed by atoms with Crippen LogP contribution in [0.3, 0.4) is 0 Å². The van der Waals surface area contributed by atoms with E-state index in [0.29, 0.717) is 13.0 Å². The number of ether oxygens (including phenoxy) is 1. The zero-order valence-corrected chi connectivity index (χ0v) is 17.6. The Morgan fingerprint density at radius 2 is 1.61 bits per heavy atom. The van der Waals surface area contributed by atoms with Crippen molar-refractivity contribution >= 4 is 26.2 Å². The molecule has 0 amide bonds. The number of likely N-dealkylation sites (tertiary alicyclic amines) is 1. The highest BCUT2D eigenvalue weighted by Crippen LogP contribution is 2.33. The minimum atomic E-state index is -3.69. The third-order valence-corrected chi connectivity index (χ3v) is 5.60. The Morgan fingerprint density at radius 1 is 1.04 bits per heavy atom. The van der Waals surface area contributed by atoms with Gasteiger partial charge in [0.25, 0.3) is 20.2 Å². The number of hydrogen-bond acceptors (Lipinski definition) is 9. The summed E-state index contributed by atoms with van der Waals surface area (Å²) in [6.07, 6.45) is 2.20. The van der Waals surface area contributed by atoms with Crippen LogP contribution >= 0.6 is 0 Å². The van der Waals surface area contributed by atoms with Gasteiger partial charge in [-0.1, -0.05) is 30.3 Å². The molecule has 0 N–H and O–H groups in total. The van der Waals surface area contributed by atoms with Gasteiger partial charge in [-0.25, -0.2) is 0 Å². The molecule has 1 aromatic rings. The SMILES string of the molecule is COC(=O)[C@H]1[C@H](COS(C)(=O)=O)C[C@H](COS(C)(=O)=O)N1Cc1ccccc1. The predicted molar refractivity (Wildman–Crippen MR) is 101 cm³/mol. The van der Waals surface area contributed by atoms with Crippen molar-refractivity contribution < 1.29 is 34.7 Å². The number of rotatable bonds is 9. The van der Waals surface area contributed by atoms with Crippen molar-refractivity contribution in [2.75, 3.05) is 32.8 Å². The minimum Gasteiger partial charge on any atom is -0.468 e. The Balaban J connectivity index is 2.30. The summed E-state index contributed by atoms with van der Waals surface area (Å²) >= 11 is 0. The molecule has 0 radical (unpaired) electrons. The van der Waals surface area contributed by atoms with Crippen LogP contribution in [0.4, 0.5) is 0 Å². The summed E-state index contributed by atoms with van der Waals surface area (Å²) in [7, 11) is -6.12. The maximum atomic E-state index is 12.5. The van der Waals surface area contributed by atoms with E-state index in [1.165, 1.54) is 7.11 Å². The van der Waals surface area contributed by atoms with E-state index in [9.17, 15) is 21.6 Å². The molecule has 11 heteroatoms. The van der Waals surface area contributed by atoms with E-state index < -0.39 is 44.2 Å². The van der Waals surface area contributed by atoms with Crippen LogP contribution in [0, 0.1) is 5.92 Å². The largest absolute Gasteiger partial charge is 0.468 e. The van der Waals surface area contributed by atoms with Gasteiger partial charge < -0.3 is 4.74 Å². The molecule has 0 spiro atoms. The van der Waals surface area contributed by atoms with E-state index in [0.717, 1.165) is 18.1 Å². The van der Waals surface area contributed by atoms with Crippen LogP contribution in [0.25, 0.3) is 0 Å². The van der Waals surface area contributed by atoms with Gasteiger partial charge in [0.15, 0.2) is 0 Å². The highest BCUT2D eigenvalue weighted by atomic mass is 32.2. The lowest BCUT2D eigenvalue weighted by Gasteiger charge is -2.29. The zero-order valence-electron chi connectivity index (χ0n) is 16.0. The molecule has 0 bridgehead atoms. The summed E-state index contributed by atoms with van der Waals surface area (Å²) < 4.78 is 60.4. The first-order chi connectivity index (χ1) is 13.0. The highest BCUT2D eigenvalue weighted by molar-refractivity contribution is 7.86. The van der Waals surface area contributed by atoms with Crippen LogP contribution in [0.2, 0.25) is 0 Å². The maximum Gasteiger partial charge on any atom is 0.323 e. The molecule has 2 rings (SSSR count). The van der Waals surface area contributed by atoms with Crippen LogP contribution in [0.1, 0.15) is 12.0 Å². The van der Waals surface area contributed by atoms with Gasteiger partial charge in [0, 0.05) is 18.5 Å². The third-order valence-electron chi connectivity index (χ3n) is 4.47. The van der Waals surface area contributed by atoms with Gasteiger partial charge in [-0.3, -0.25) is 18.1 Å². The molecular formula is C17H25NO8S2. The summed E-state index contributed by atoms with van der Waals surface area (Å²) in [6, 6.07) is 8.09. The molecule has 1 aliphatic heterocycles. The monoisotopic (exact) mass is 435 g/mol. The molecular weight excluding hydrogens is 410 g/mol. The number of hydrogen-bond donors (Lipinski definition) is 0. The molecule has 0 aromatic heterocycles. The Hall–Kier alpha value is -1.53. The van der Waals surface area contributed by atoms with E-state index in [1.807, 2.05) is 30.3 Å². The number of nitrogens with zero attached hydrogens (tertiary/aromatic N) is 1. The second-order valence-electron chi connectivity index (χ2n) is 6.75. The average Bonchev–Trinajstić information content (AvgIpc) is 2.95. The van der Waals surface area contributed by atoms with Crippen LogP contribution in [-0.4, -0.2) is 72.6 Å². The maximum absolute atomic E-state index is 12.5. The van der Waals surface area contributed by atoms with Gasteiger partial charge >= 0.3 is 5.97 Å². The van der Waals surface area contributed by atoms with Crippen LogP contribution in [-0.2, 0) is 44.7 Å². The van der Waals surface area contributed by atoms with Crippen molar-refractivity contribution in [3.63, 3.8) is 0 Å². The summed E-state index contributed by atoms with van der Waals surface area (Å²) in [5.74, 6) is -1.04. The molecule has 0 aliphatic carbocycles. The molecule has 9 nitrogen and oxygen atoms in total. The van der Waals surface area contributed by atoms with Gasteiger partial charge in [0.1, 0.15) is 6.04 Å². The lowest BCUT2D eigenvalue weighted by Crippen LogP contribution is -2.45. The lowest BCUT2D eigenvalue weighted by atomic mass is 10.0. The molecule has 158 valence electrons. The molecule has 1 fully saturated rings. The fraction of sp³-hybridized carbons (Fsp3) is 0.588. The first-order valence-corrected chi connectivity index (χ1v) is 12.2. The molecule has 0 unspecified atom stereocenters. The summed E-state index contributed by atoms with van der Waals surface area (Å²) in [6.45, 7) is -0.0262. The number of esters is 1. The van der Waals surface area contributed by atoms with Gasteiger partial charge in [-0.15, -0.1) is 0 Å². The Morgan fingerprint density at radius 3 is 2.14 bits per heavy atom. The fourth-order valence-corrected chi connectivity index (χ4v) is 4.14. The number of carbonyl (C=O) groups is 1. The smallest absolute Gasteiger partial charge is 0.323 e. The van der Waals surface area contributed by atoms with Crippen molar-refractivity contribution in [1.29, 1.82) is 0 Å². The topological polar surface area (TPSA) is 116 Å². The number of carbonyl (C=O) groups excluding carboxylic acids is 1. The van der Waals surface area contributed by atoms with Crippen molar-refractivity contribution in [1.82, 2.24) is 4.90 Å². The normalized spacial score (nSPS) is 23.6. The van der Waals surface area contributed by atoms with Crippen LogP contribution < -0.4 is 0 Å². The van der Waals surface area contributed by atoms with Crippen molar-refractivity contribution in [3.05, 3.63) is 35.9 Å². The summed E-state index contributed by atoms with van der Waals surface area (Å²) in [4.78, 5) is 14.2. The van der Waals surface area contributed by atoms with Crippen molar-refractivity contribution in [3.8, 4) is 0 Å². The van der Waals surface area contributed by atoms with E-state index >= 15 is 0 Å².